The van der Waals surface area contributed by atoms with Crippen LogP contribution in [0.3, 0.4) is 0 Å². The zero-order valence-electron chi connectivity index (χ0n) is 16.7. The molecule has 0 saturated carbocycles. The van der Waals surface area contributed by atoms with Gasteiger partial charge in [-0.15, -0.1) is 0 Å². The molecule has 0 spiro atoms. The van der Waals surface area contributed by atoms with Crippen LogP contribution in [0.15, 0.2) is 83.8 Å². The molecule has 0 bridgehead atoms. The fourth-order valence-electron chi connectivity index (χ4n) is 2.77. The number of aryl methyl sites for hydroxylation is 1. The molecule has 2 N–H and O–H groups in total. The average Bonchev–Trinajstić information content (AvgIpc) is 2.73. The summed E-state index contributed by atoms with van der Waals surface area (Å²) in [5.41, 5.74) is 2.22. The SMILES string of the molecule is Cc1[c]c(OCC[C@@H](O)/C=C/c2cccc(NS(=O)(=O)c3ccccc3)c2)ccc1. The van der Waals surface area contributed by atoms with Gasteiger partial charge in [0, 0.05) is 18.2 Å². The molecule has 155 valence electrons. The zero-order chi connectivity index (χ0) is 21.4. The summed E-state index contributed by atoms with van der Waals surface area (Å²) in [4.78, 5) is 0.201. The van der Waals surface area contributed by atoms with Gasteiger partial charge >= 0.3 is 0 Å². The second-order valence-corrected chi connectivity index (χ2v) is 8.49. The lowest BCUT2D eigenvalue weighted by molar-refractivity contribution is 0.179. The molecule has 0 amide bonds. The molecule has 3 rings (SSSR count). The third-order valence-electron chi connectivity index (χ3n) is 4.29. The molecule has 6 heteroatoms. The van der Waals surface area contributed by atoms with E-state index in [0.29, 0.717) is 24.5 Å². The molecule has 0 saturated heterocycles. The van der Waals surface area contributed by atoms with Crippen LogP contribution in [-0.2, 0) is 10.0 Å². The third kappa shape index (κ3) is 6.47. The van der Waals surface area contributed by atoms with Crippen molar-refractivity contribution in [3.05, 3.63) is 96.1 Å². The summed E-state index contributed by atoms with van der Waals surface area (Å²) in [5.74, 6) is 0.657. The largest absolute Gasteiger partial charge is 0.493 e. The number of anilines is 1. The Morgan fingerprint density at radius 1 is 1.07 bits per heavy atom. The fourth-order valence-corrected chi connectivity index (χ4v) is 3.84. The molecule has 0 aliphatic carbocycles. The topological polar surface area (TPSA) is 75.6 Å². The molecule has 30 heavy (non-hydrogen) atoms. The van der Waals surface area contributed by atoms with E-state index in [4.69, 9.17) is 4.74 Å². The number of benzene rings is 3. The van der Waals surface area contributed by atoms with Crippen LogP contribution in [0, 0.1) is 13.0 Å². The first-order valence-corrected chi connectivity index (χ1v) is 11.1. The maximum atomic E-state index is 12.4. The lowest BCUT2D eigenvalue weighted by atomic mass is 10.1. The van der Waals surface area contributed by atoms with Crippen LogP contribution in [0.4, 0.5) is 5.69 Å². The maximum Gasteiger partial charge on any atom is 0.261 e. The van der Waals surface area contributed by atoms with E-state index in [1.807, 2.05) is 31.2 Å². The molecule has 0 aliphatic heterocycles. The minimum absolute atomic E-state index is 0.201. The van der Waals surface area contributed by atoms with Crippen molar-refractivity contribution in [3.8, 4) is 5.75 Å². The van der Waals surface area contributed by atoms with Crippen molar-refractivity contribution in [1.82, 2.24) is 0 Å². The molecule has 1 radical (unpaired) electrons. The van der Waals surface area contributed by atoms with Gasteiger partial charge in [-0.25, -0.2) is 8.42 Å². The second kappa shape index (κ2) is 10.1. The van der Waals surface area contributed by atoms with Crippen LogP contribution in [-0.4, -0.2) is 26.2 Å². The molecule has 0 heterocycles. The first kappa shape index (κ1) is 21.6. The Kier molecular flexibility index (Phi) is 7.27. The summed E-state index contributed by atoms with van der Waals surface area (Å²) in [6.07, 6.45) is 3.16. The molecule has 1 atom stereocenters. The summed E-state index contributed by atoms with van der Waals surface area (Å²) < 4.78 is 33.1. The summed E-state index contributed by atoms with van der Waals surface area (Å²) in [6, 6.07) is 24.0. The minimum Gasteiger partial charge on any atom is -0.493 e. The van der Waals surface area contributed by atoms with Gasteiger partial charge in [0.2, 0.25) is 0 Å². The zero-order valence-corrected chi connectivity index (χ0v) is 17.5. The summed E-state index contributed by atoms with van der Waals surface area (Å²) in [6.45, 7) is 2.31. The van der Waals surface area contributed by atoms with E-state index in [1.54, 1.807) is 60.7 Å². The summed E-state index contributed by atoms with van der Waals surface area (Å²) >= 11 is 0. The van der Waals surface area contributed by atoms with E-state index in [2.05, 4.69) is 10.8 Å². The van der Waals surface area contributed by atoms with E-state index in [-0.39, 0.29) is 4.90 Å². The molecule has 0 fully saturated rings. The van der Waals surface area contributed by atoms with Crippen LogP contribution in [0.25, 0.3) is 6.08 Å². The monoisotopic (exact) mass is 422 g/mol. The minimum atomic E-state index is -3.65. The highest BCUT2D eigenvalue weighted by atomic mass is 32.2. The Balaban J connectivity index is 1.55. The molecule has 3 aromatic carbocycles. The van der Waals surface area contributed by atoms with Crippen LogP contribution < -0.4 is 9.46 Å². The Labute approximate surface area is 177 Å². The van der Waals surface area contributed by atoms with E-state index in [1.165, 1.54) is 0 Å². The van der Waals surface area contributed by atoms with Gasteiger partial charge < -0.3 is 9.84 Å². The van der Waals surface area contributed by atoms with Crippen molar-refractivity contribution in [1.29, 1.82) is 0 Å². The van der Waals surface area contributed by atoms with Crippen molar-refractivity contribution in [2.24, 2.45) is 0 Å². The average molecular weight is 423 g/mol. The van der Waals surface area contributed by atoms with Crippen molar-refractivity contribution >= 4 is 21.8 Å². The molecular formula is C24H24NO4S. The Bertz CT molecular complexity index is 1090. The number of nitrogens with one attached hydrogen (secondary N) is 1. The first-order chi connectivity index (χ1) is 14.4. The Morgan fingerprint density at radius 2 is 1.83 bits per heavy atom. The van der Waals surface area contributed by atoms with Gasteiger partial charge in [0.1, 0.15) is 5.75 Å². The number of hydrogen-bond donors (Lipinski definition) is 2. The van der Waals surface area contributed by atoms with Crippen molar-refractivity contribution in [2.45, 2.75) is 24.3 Å². The van der Waals surface area contributed by atoms with Gasteiger partial charge in [0.25, 0.3) is 10.0 Å². The van der Waals surface area contributed by atoms with Gasteiger partial charge in [-0.2, -0.15) is 0 Å². The third-order valence-corrected chi connectivity index (χ3v) is 5.69. The standard InChI is InChI=1S/C24H24NO4S/c1-19-7-5-10-23(17-19)29-16-15-22(26)14-13-20-8-6-9-21(18-20)25-30(27,28)24-11-3-2-4-12-24/h2-14,18,22,25-26H,15-16H2,1H3/b14-13+/t22-/m0/s1. The number of sulfonamides is 1. The number of ether oxygens (including phenoxy) is 1. The van der Waals surface area contributed by atoms with E-state index >= 15 is 0 Å². The first-order valence-electron chi connectivity index (χ1n) is 9.58. The Hall–Kier alpha value is -3.09. The van der Waals surface area contributed by atoms with Gasteiger partial charge in [0.15, 0.2) is 0 Å². The lowest BCUT2D eigenvalue weighted by Gasteiger charge is -2.10. The highest BCUT2D eigenvalue weighted by molar-refractivity contribution is 7.92. The fraction of sp³-hybridized carbons (Fsp3) is 0.167. The van der Waals surface area contributed by atoms with Crippen molar-refractivity contribution in [3.63, 3.8) is 0 Å². The van der Waals surface area contributed by atoms with Gasteiger partial charge in [0.05, 0.1) is 17.6 Å². The Morgan fingerprint density at radius 3 is 2.60 bits per heavy atom. The number of hydrogen-bond acceptors (Lipinski definition) is 4. The van der Waals surface area contributed by atoms with E-state index < -0.39 is 16.1 Å². The number of rotatable bonds is 9. The van der Waals surface area contributed by atoms with Crippen LogP contribution >= 0.6 is 0 Å². The van der Waals surface area contributed by atoms with E-state index in [0.717, 1.165) is 11.1 Å². The second-order valence-electron chi connectivity index (χ2n) is 6.81. The normalized spacial score (nSPS) is 12.6. The van der Waals surface area contributed by atoms with Crippen LogP contribution in [0.2, 0.25) is 0 Å². The molecule has 0 unspecified atom stereocenters. The molecule has 0 aromatic heterocycles. The summed E-state index contributed by atoms with van der Waals surface area (Å²) in [5, 5.41) is 10.2. The molecule has 5 nitrogen and oxygen atoms in total. The van der Waals surface area contributed by atoms with Crippen molar-refractivity contribution in [2.75, 3.05) is 11.3 Å². The molecule has 0 aliphatic rings. The predicted octanol–water partition coefficient (Wildman–Crippen LogP) is 4.44. The maximum absolute atomic E-state index is 12.4. The highest BCUT2D eigenvalue weighted by Crippen LogP contribution is 2.18. The van der Waals surface area contributed by atoms with Crippen molar-refractivity contribution < 1.29 is 18.3 Å². The van der Waals surface area contributed by atoms with Gasteiger partial charge in [-0.1, -0.05) is 54.6 Å². The predicted molar refractivity (Wildman–Crippen MR) is 119 cm³/mol. The summed E-state index contributed by atoms with van der Waals surface area (Å²) in [7, 11) is -3.65. The van der Waals surface area contributed by atoms with Gasteiger partial charge in [-0.3, -0.25) is 4.72 Å². The smallest absolute Gasteiger partial charge is 0.261 e. The molecular weight excluding hydrogens is 398 g/mol. The lowest BCUT2D eigenvalue weighted by Crippen LogP contribution is -2.12. The number of aliphatic hydroxyl groups is 1. The van der Waals surface area contributed by atoms with E-state index in [9.17, 15) is 13.5 Å². The quantitative estimate of drug-likeness (QED) is 0.535. The van der Waals surface area contributed by atoms with Crippen LogP contribution in [0.1, 0.15) is 17.5 Å². The van der Waals surface area contributed by atoms with Crippen LogP contribution in [0.5, 0.6) is 5.75 Å². The highest BCUT2D eigenvalue weighted by Gasteiger charge is 2.13. The number of aliphatic hydroxyl groups excluding tert-OH is 1. The molecule has 3 aromatic rings. The van der Waals surface area contributed by atoms with Gasteiger partial charge in [-0.05, 0) is 48.4 Å².